The van der Waals surface area contributed by atoms with Gasteiger partial charge in [-0.1, -0.05) is 24.1 Å². The highest BCUT2D eigenvalue weighted by Gasteiger charge is 2.30. The predicted molar refractivity (Wildman–Crippen MR) is 195 cm³/mol. The van der Waals surface area contributed by atoms with Crippen LogP contribution in [0.2, 0.25) is 0 Å². The molecule has 1 saturated heterocycles. The van der Waals surface area contributed by atoms with Crippen molar-refractivity contribution in [2.75, 3.05) is 18.0 Å². The first-order valence-electron chi connectivity index (χ1n) is 17.1. The molecule has 8 rings (SSSR count). The van der Waals surface area contributed by atoms with E-state index in [1.807, 2.05) is 43.5 Å². The third-order valence-corrected chi connectivity index (χ3v) is 9.66. The molecule has 0 spiro atoms. The summed E-state index contributed by atoms with van der Waals surface area (Å²) in [5.41, 5.74) is 6.70. The van der Waals surface area contributed by atoms with Crippen LogP contribution in [-0.4, -0.2) is 50.3 Å². The van der Waals surface area contributed by atoms with Gasteiger partial charge in [-0.15, -0.1) is 0 Å². The van der Waals surface area contributed by atoms with Gasteiger partial charge in [-0.25, -0.2) is 9.97 Å². The van der Waals surface area contributed by atoms with Crippen LogP contribution in [0.15, 0.2) is 82.3 Å². The van der Waals surface area contributed by atoms with E-state index in [0.717, 1.165) is 58.3 Å². The molecule has 0 bridgehead atoms. The summed E-state index contributed by atoms with van der Waals surface area (Å²) in [6.07, 6.45) is 5.85. The maximum atomic E-state index is 12.9. The van der Waals surface area contributed by atoms with Gasteiger partial charge >= 0.3 is 0 Å². The fourth-order valence-corrected chi connectivity index (χ4v) is 7.05. The molecular formula is C40H33N7O5. The molecule has 2 aliphatic heterocycles. The molecular weight excluding hydrogens is 658 g/mol. The van der Waals surface area contributed by atoms with Gasteiger partial charge in [-0.2, -0.15) is 0 Å². The second-order valence-corrected chi connectivity index (χ2v) is 13.0. The molecule has 258 valence electrons. The lowest BCUT2D eigenvalue weighted by Gasteiger charge is -2.31. The van der Waals surface area contributed by atoms with Crippen LogP contribution in [0.4, 0.5) is 11.4 Å². The molecule has 1 fully saturated rings. The van der Waals surface area contributed by atoms with Crippen molar-refractivity contribution in [2.45, 2.75) is 38.5 Å². The van der Waals surface area contributed by atoms with Gasteiger partial charge in [0.25, 0.3) is 11.5 Å². The van der Waals surface area contributed by atoms with Gasteiger partial charge in [0.05, 0.1) is 41.2 Å². The van der Waals surface area contributed by atoms with Gasteiger partial charge in [0.2, 0.25) is 11.8 Å². The van der Waals surface area contributed by atoms with Crippen LogP contribution in [0.25, 0.3) is 33.3 Å². The van der Waals surface area contributed by atoms with Gasteiger partial charge < -0.3 is 19.2 Å². The third-order valence-electron chi connectivity index (χ3n) is 9.66. The molecule has 2 aliphatic rings. The second kappa shape index (κ2) is 13.3. The number of nitrogens with one attached hydrogen (secondary N) is 2. The average Bonchev–Trinajstić information content (AvgIpc) is 3.58. The molecule has 1 unspecified atom stereocenters. The Balaban J connectivity index is 0.942. The Morgan fingerprint density at radius 2 is 1.87 bits per heavy atom. The number of rotatable bonds is 5. The first kappa shape index (κ1) is 32.6. The van der Waals surface area contributed by atoms with Crippen molar-refractivity contribution in [2.24, 2.45) is 7.05 Å². The maximum absolute atomic E-state index is 12.9. The van der Waals surface area contributed by atoms with Gasteiger partial charge in [0.15, 0.2) is 11.6 Å². The molecule has 0 radical (unpaired) electrons. The van der Waals surface area contributed by atoms with Crippen molar-refractivity contribution >= 4 is 51.0 Å². The highest BCUT2D eigenvalue weighted by atomic mass is 16.3. The summed E-state index contributed by atoms with van der Waals surface area (Å²) in [4.78, 5) is 65.6. The Labute approximate surface area is 297 Å². The molecule has 0 saturated carbocycles. The number of furan rings is 1. The number of fused-ring (bicyclic) bond motifs is 3. The van der Waals surface area contributed by atoms with Crippen LogP contribution in [0.1, 0.15) is 58.2 Å². The number of amides is 3. The van der Waals surface area contributed by atoms with E-state index in [-0.39, 0.29) is 41.9 Å². The largest absolute Gasteiger partial charge is 0.448 e. The van der Waals surface area contributed by atoms with Crippen LogP contribution < -0.4 is 21.1 Å². The van der Waals surface area contributed by atoms with Crippen molar-refractivity contribution in [3.63, 3.8) is 0 Å². The normalized spacial score (nSPS) is 15.6. The summed E-state index contributed by atoms with van der Waals surface area (Å²) in [5, 5.41) is 6.93. The van der Waals surface area contributed by atoms with E-state index < -0.39 is 5.92 Å². The Hall–Kier alpha value is -6.61. The monoisotopic (exact) mass is 691 g/mol. The van der Waals surface area contributed by atoms with Crippen molar-refractivity contribution in [3.05, 3.63) is 112 Å². The summed E-state index contributed by atoms with van der Waals surface area (Å²) in [5.74, 6) is 5.38. The van der Waals surface area contributed by atoms with E-state index in [9.17, 15) is 19.2 Å². The minimum atomic E-state index is -0.438. The Bertz CT molecular complexity index is 2560. The molecule has 4 aromatic heterocycles. The smallest absolute Gasteiger partial charge is 0.270 e. The SMILES string of the molecule is Cc1cc2c(N3CCCc4nc(-c5ccc(C(=O)NCC#Cc6cc7c(C8CCC(=O)NC8=O)cccc7o6)nc5)ncc43)cccc2n(C)c1=O. The van der Waals surface area contributed by atoms with E-state index in [2.05, 4.69) is 43.4 Å². The number of benzene rings is 2. The Morgan fingerprint density at radius 1 is 1.00 bits per heavy atom. The Kier molecular flexibility index (Phi) is 8.31. The molecule has 2 aromatic carbocycles. The van der Waals surface area contributed by atoms with Crippen molar-refractivity contribution in [1.29, 1.82) is 0 Å². The number of hydrogen-bond acceptors (Lipinski definition) is 9. The predicted octanol–water partition coefficient (Wildman–Crippen LogP) is 4.83. The summed E-state index contributed by atoms with van der Waals surface area (Å²) in [6, 6.07) is 18.6. The number of pyridine rings is 2. The summed E-state index contributed by atoms with van der Waals surface area (Å²) < 4.78 is 7.56. The van der Waals surface area contributed by atoms with Crippen molar-refractivity contribution in [3.8, 4) is 23.2 Å². The van der Waals surface area contributed by atoms with E-state index in [0.29, 0.717) is 34.7 Å². The molecule has 0 aliphatic carbocycles. The van der Waals surface area contributed by atoms with E-state index >= 15 is 0 Å². The number of piperidine rings is 1. The lowest BCUT2D eigenvalue weighted by Crippen LogP contribution is -2.39. The number of anilines is 2. The fraction of sp³-hybridized carbons (Fsp3) is 0.225. The van der Waals surface area contributed by atoms with Crippen LogP contribution >= 0.6 is 0 Å². The van der Waals surface area contributed by atoms with Gasteiger partial charge in [-0.05, 0) is 74.1 Å². The minimum absolute atomic E-state index is 0.00828. The first-order valence-corrected chi connectivity index (χ1v) is 17.1. The minimum Gasteiger partial charge on any atom is -0.448 e. The highest BCUT2D eigenvalue weighted by Crippen LogP contribution is 2.37. The maximum Gasteiger partial charge on any atom is 0.270 e. The van der Waals surface area contributed by atoms with Crippen LogP contribution in [0.3, 0.4) is 0 Å². The van der Waals surface area contributed by atoms with Crippen molar-refractivity contribution in [1.82, 2.24) is 30.2 Å². The quantitative estimate of drug-likeness (QED) is 0.191. The lowest BCUT2D eigenvalue weighted by atomic mass is 9.88. The first-order chi connectivity index (χ1) is 25.2. The summed E-state index contributed by atoms with van der Waals surface area (Å²) >= 11 is 0. The van der Waals surface area contributed by atoms with E-state index in [1.54, 1.807) is 42.1 Å². The van der Waals surface area contributed by atoms with Gasteiger partial charge in [0, 0.05) is 54.2 Å². The number of aromatic nitrogens is 4. The topological polar surface area (TPSA) is 152 Å². The average molecular weight is 692 g/mol. The number of carbonyl (C=O) groups excluding carboxylic acids is 3. The standard InChI is InChI=1S/C40H33N7O5/c1-23-19-29-32(46(2)40(23)51)10-4-11-33(29)47-18-6-9-30-34(47)22-43-37(44-30)24-13-15-31(42-21-24)39(50)41-17-5-7-25-20-28-26(8-3-12-35(28)52-25)27-14-16-36(48)45-38(27)49/h3-4,8,10-13,15,19-22,27H,6,9,14,16-18H2,1-2H3,(H,41,50)(H,45,48,49). The molecule has 12 nitrogen and oxygen atoms in total. The number of carbonyl (C=O) groups is 3. The fourth-order valence-electron chi connectivity index (χ4n) is 7.05. The zero-order valence-electron chi connectivity index (χ0n) is 28.5. The number of hydrogen-bond donors (Lipinski definition) is 2. The molecule has 2 N–H and O–H groups in total. The van der Waals surface area contributed by atoms with E-state index in [1.165, 1.54) is 0 Å². The van der Waals surface area contributed by atoms with Gasteiger partial charge in [0.1, 0.15) is 11.3 Å². The molecule has 1 atom stereocenters. The van der Waals surface area contributed by atoms with Crippen LogP contribution in [0.5, 0.6) is 0 Å². The summed E-state index contributed by atoms with van der Waals surface area (Å²) in [7, 11) is 1.80. The molecule has 6 aromatic rings. The number of aryl methyl sites for hydroxylation is 3. The van der Waals surface area contributed by atoms with Crippen LogP contribution in [-0.2, 0) is 23.1 Å². The molecule has 52 heavy (non-hydrogen) atoms. The molecule has 12 heteroatoms. The Morgan fingerprint density at radius 3 is 2.69 bits per heavy atom. The number of imide groups is 1. The number of nitrogens with zero attached hydrogens (tertiary/aromatic N) is 5. The molecule has 6 heterocycles. The van der Waals surface area contributed by atoms with Gasteiger partial charge in [-0.3, -0.25) is 29.5 Å². The lowest BCUT2D eigenvalue weighted by molar-refractivity contribution is -0.134. The highest BCUT2D eigenvalue weighted by molar-refractivity contribution is 6.03. The zero-order valence-corrected chi connectivity index (χ0v) is 28.5. The molecule has 3 amide bonds. The zero-order chi connectivity index (χ0) is 35.9. The summed E-state index contributed by atoms with van der Waals surface area (Å²) in [6.45, 7) is 2.70. The van der Waals surface area contributed by atoms with E-state index in [4.69, 9.17) is 9.40 Å². The van der Waals surface area contributed by atoms with Crippen molar-refractivity contribution < 1.29 is 18.8 Å². The second-order valence-electron chi connectivity index (χ2n) is 13.0. The third kappa shape index (κ3) is 5.96. The van der Waals surface area contributed by atoms with Crippen LogP contribution in [0, 0.1) is 18.8 Å².